The lowest BCUT2D eigenvalue weighted by Crippen LogP contribution is -2.25. The molecule has 0 spiro atoms. The van der Waals surface area contributed by atoms with Crippen molar-refractivity contribution in [2.24, 2.45) is 0 Å². The number of nitrogens with zero attached hydrogens (tertiary/aromatic N) is 3. The summed E-state index contributed by atoms with van der Waals surface area (Å²) in [6.07, 6.45) is 5.67. The molecule has 0 radical (unpaired) electrons. The molecule has 0 saturated carbocycles. The predicted molar refractivity (Wildman–Crippen MR) is 86.9 cm³/mol. The summed E-state index contributed by atoms with van der Waals surface area (Å²) in [5.41, 5.74) is 3.89. The molecule has 1 saturated heterocycles. The molecule has 1 fully saturated rings. The van der Waals surface area contributed by atoms with Crippen molar-refractivity contribution in [1.29, 1.82) is 0 Å². The summed E-state index contributed by atoms with van der Waals surface area (Å²) in [6.45, 7) is 8.98. The number of rotatable bonds is 4. The number of pyridine rings is 1. The molecule has 1 atom stereocenters. The van der Waals surface area contributed by atoms with E-state index in [-0.39, 0.29) is 0 Å². The van der Waals surface area contributed by atoms with Crippen LogP contribution in [0, 0.1) is 13.8 Å². The third kappa shape index (κ3) is 2.62. The fourth-order valence-electron chi connectivity index (χ4n) is 3.59. The summed E-state index contributed by atoms with van der Waals surface area (Å²) in [4.78, 5) is 7.34. The summed E-state index contributed by atoms with van der Waals surface area (Å²) in [7, 11) is 0. The number of hydrogen-bond donors (Lipinski definition) is 0. The smallest absolute Gasteiger partial charge is 0.141 e. The van der Waals surface area contributed by atoms with Gasteiger partial charge < -0.3 is 4.57 Å². The van der Waals surface area contributed by atoms with Crippen LogP contribution in [0.25, 0.3) is 5.82 Å². The average molecular weight is 283 g/mol. The summed E-state index contributed by atoms with van der Waals surface area (Å²) < 4.78 is 2.29. The summed E-state index contributed by atoms with van der Waals surface area (Å²) in [5.74, 6) is 1.12. The maximum atomic E-state index is 4.72. The van der Waals surface area contributed by atoms with Crippen LogP contribution in [0.5, 0.6) is 0 Å². The van der Waals surface area contributed by atoms with E-state index < -0.39 is 0 Å². The molecule has 3 rings (SSSR count). The van der Waals surface area contributed by atoms with Gasteiger partial charge in [0.05, 0.1) is 0 Å². The van der Waals surface area contributed by atoms with Crippen molar-refractivity contribution in [2.75, 3.05) is 13.1 Å². The van der Waals surface area contributed by atoms with Gasteiger partial charge in [-0.25, -0.2) is 4.98 Å². The van der Waals surface area contributed by atoms with Crippen LogP contribution < -0.4 is 0 Å². The summed E-state index contributed by atoms with van der Waals surface area (Å²) >= 11 is 0. The molecule has 0 unspecified atom stereocenters. The van der Waals surface area contributed by atoms with E-state index in [0.29, 0.717) is 6.04 Å². The maximum Gasteiger partial charge on any atom is 0.141 e. The topological polar surface area (TPSA) is 21.1 Å². The van der Waals surface area contributed by atoms with Gasteiger partial charge in [-0.1, -0.05) is 13.0 Å². The zero-order valence-electron chi connectivity index (χ0n) is 13.3. The number of likely N-dealkylation sites (tertiary alicyclic amines) is 1. The first-order valence-corrected chi connectivity index (χ1v) is 8.06. The maximum absolute atomic E-state index is 4.72. The monoisotopic (exact) mass is 283 g/mol. The zero-order chi connectivity index (χ0) is 14.8. The molecule has 3 heteroatoms. The molecule has 3 heterocycles. The first-order valence-electron chi connectivity index (χ1n) is 8.06. The fourth-order valence-corrected chi connectivity index (χ4v) is 3.59. The van der Waals surface area contributed by atoms with Gasteiger partial charge in [0.25, 0.3) is 0 Å². The van der Waals surface area contributed by atoms with E-state index in [9.17, 15) is 0 Å². The number of aromatic nitrogens is 2. The van der Waals surface area contributed by atoms with Crippen molar-refractivity contribution in [3.05, 3.63) is 47.4 Å². The van der Waals surface area contributed by atoms with Gasteiger partial charge in [0.15, 0.2) is 0 Å². The highest BCUT2D eigenvalue weighted by Crippen LogP contribution is 2.35. The molecule has 0 bridgehead atoms. The lowest BCUT2D eigenvalue weighted by atomic mass is 10.0. The quantitative estimate of drug-likeness (QED) is 0.844. The highest BCUT2D eigenvalue weighted by atomic mass is 15.2. The van der Waals surface area contributed by atoms with E-state index in [2.05, 4.69) is 54.5 Å². The van der Waals surface area contributed by atoms with Gasteiger partial charge in [0.2, 0.25) is 0 Å². The van der Waals surface area contributed by atoms with Crippen molar-refractivity contribution in [3.63, 3.8) is 0 Å². The second kappa shape index (κ2) is 6.02. The van der Waals surface area contributed by atoms with Crippen LogP contribution in [-0.2, 0) is 0 Å². The first-order chi connectivity index (χ1) is 10.2. The molecule has 1 aliphatic heterocycles. The average Bonchev–Trinajstić information content (AvgIpc) is 3.07. The standard InChI is InChI=1S/C18H25N3/c1-4-12-20-13-6-8-17(20)16-7-5-11-19-18(16)21-14(2)9-10-15(21)3/h5,7,9-11,17H,4,6,8,12-13H2,1-3H3/t17-/m0/s1. The molecule has 2 aromatic heterocycles. The van der Waals surface area contributed by atoms with Crippen LogP contribution in [-0.4, -0.2) is 27.5 Å². The molecule has 0 N–H and O–H groups in total. The van der Waals surface area contributed by atoms with E-state index in [1.165, 1.54) is 49.3 Å². The lowest BCUT2D eigenvalue weighted by Gasteiger charge is -2.26. The third-order valence-electron chi connectivity index (χ3n) is 4.53. The number of aryl methyl sites for hydroxylation is 2. The van der Waals surface area contributed by atoms with Crippen LogP contribution in [0.3, 0.4) is 0 Å². The molecule has 0 aromatic carbocycles. The first kappa shape index (κ1) is 14.3. The van der Waals surface area contributed by atoms with Crippen molar-refractivity contribution in [3.8, 4) is 5.82 Å². The molecule has 1 aliphatic rings. The van der Waals surface area contributed by atoms with Crippen molar-refractivity contribution >= 4 is 0 Å². The Labute approximate surface area is 127 Å². The zero-order valence-corrected chi connectivity index (χ0v) is 13.3. The van der Waals surface area contributed by atoms with Gasteiger partial charge in [0, 0.05) is 29.2 Å². The van der Waals surface area contributed by atoms with Gasteiger partial charge in [-0.05, 0) is 64.4 Å². The van der Waals surface area contributed by atoms with Gasteiger partial charge in [0.1, 0.15) is 5.82 Å². The molecular formula is C18H25N3. The SMILES string of the molecule is CCCN1CCC[C@H]1c1cccnc1-n1c(C)ccc1C. The largest absolute Gasteiger partial charge is 0.303 e. The lowest BCUT2D eigenvalue weighted by molar-refractivity contribution is 0.257. The van der Waals surface area contributed by atoms with Gasteiger partial charge in [-0.2, -0.15) is 0 Å². The van der Waals surface area contributed by atoms with Crippen LogP contribution in [0.1, 0.15) is 49.2 Å². The van der Waals surface area contributed by atoms with Crippen LogP contribution in [0.15, 0.2) is 30.5 Å². The number of hydrogen-bond acceptors (Lipinski definition) is 2. The predicted octanol–water partition coefficient (Wildman–Crippen LogP) is 4.04. The second-order valence-electron chi connectivity index (χ2n) is 6.06. The molecular weight excluding hydrogens is 258 g/mol. The Morgan fingerprint density at radius 1 is 1.19 bits per heavy atom. The minimum Gasteiger partial charge on any atom is -0.303 e. The Hall–Kier alpha value is -1.61. The van der Waals surface area contributed by atoms with Crippen LogP contribution >= 0.6 is 0 Å². The Morgan fingerprint density at radius 2 is 1.95 bits per heavy atom. The Bertz CT molecular complexity index is 595. The van der Waals surface area contributed by atoms with Gasteiger partial charge in [-0.15, -0.1) is 0 Å². The highest BCUT2D eigenvalue weighted by Gasteiger charge is 2.28. The highest BCUT2D eigenvalue weighted by molar-refractivity contribution is 5.41. The molecule has 0 amide bonds. The van der Waals surface area contributed by atoms with E-state index >= 15 is 0 Å². The molecule has 3 nitrogen and oxygen atoms in total. The molecule has 0 aliphatic carbocycles. The van der Waals surface area contributed by atoms with E-state index in [0.717, 1.165) is 5.82 Å². The Morgan fingerprint density at radius 3 is 2.67 bits per heavy atom. The van der Waals surface area contributed by atoms with Crippen molar-refractivity contribution in [1.82, 2.24) is 14.5 Å². The van der Waals surface area contributed by atoms with E-state index in [1.807, 2.05) is 6.20 Å². The third-order valence-corrected chi connectivity index (χ3v) is 4.53. The van der Waals surface area contributed by atoms with Crippen molar-refractivity contribution < 1.29 is 0 Å². The molecule has 21 heavy (non-hydrogen) atoms. The van der Waals surface area contributed by atoms with Gasteiger partial charge in [-0.3, -0.25) is 4.90 Å². The minimum atomic E-state index is 0.523. The molecule has 112 valence electrons. The normalized spacial score (nSPS) is 19.3. The van der Waals surface area contributed by atoms with E-state index in [1.54, 1.807) is 0 Å². The van der Waals surface area contributed by atoms with Crippen LogP contribution in [0.4, 0.5) is 0 Å². The van der Waals surface area contributed by atoms with Gasteiger partial charge >= 0.3 is 0 Å². The Balaban J connectivity index is 2.04. The van der Waals surface area contributed by atoms with Crippen molar-refractivity contribution in [2.45, 2.75) is 46.1 Å². The summed E-state index contributed by atoms with van der Waals surface area (Å²) in [6, 6.07) is 9.21. The Kier molecular flexibility index (Phi) is 4.11. The van der Waals surface area contributed by atoms with E-state index in [4.69, 9.17) is 4.98 Å². The van der Waals surface area contributed by atoms with Crippen LogP contribution in [0.2, 0.25) is 0 Å². The second-order valence-corrected chi connectivity index (χ2v) is 6.06. The summed E-state index contributed by atoms with van der Waals surface area (Å²) in [5, 5.41) is 0. The fraction of sp³-hybridized carbons (Fsp3) is 0.500. The minimum absolute atomic E-state index is 0.523. The molecule has 2 aromatic rings.